The van der Waals surface area contributed by atoms with Gasteiger partial charge >= 0.3 is 5.97 Å². The van der Waals surface area contributed by atoms with Gasteiger partial charge in [-0.15, -0.1) is 11.8 Å². The average Bonchev–Trinajstić information content (AvgIpc) is 2.41. The number of thioether (sulfide) groups is 1. The van der Waals surface area contributed by atoms with Crippen molar-refractivity contribution in [2.45, 2.75) is 30.4 Å². The number of amides is 1. The molecule has 1 N–H and O–H groups in total. The van der Waals surface area contributed by atoms with Crippen molar-refractivity contribution in [1.29, 1.82) is 0 Å². The van der Waals surface area contributed by atoms with Gasteiger partial charge in [-0.2, -0.15) is 0 Å². The summed E-state index contributed by atoms with van der Waals surface area (Å²) < 4.78 is 0. The fraction of sp³-hybridized carbons (Fsp3) is 0.429. The lowest BCUT2D eigenvalue weighted by atomic mass is 10.3. The van der Waals surface area contributed by atoms with E-state index in [-0.39, 0.29) is 24.1 Å². The van der Waals surface area contributed by atoms with Crippen LogP contribution in [0, 0.1) is 0 Å². The number of hydrogen-bond acceptors (Lipinski definition) is 3. The van der Waals surface area contributed by atoms with E-state index in [9.17, 15) is 9.59 Å². The molecule has 4 nitrogen and oxygen atoms in total. The van der Waals surface area contributed by atoms with Gasteiger partial charge in [0, 0.05) is 23.0 Å². The molecule has 1 unspecified atom stereocenters. The van der Waals surface area contributed by atoms with Crippen molar-refractivity contribution in [2.75, 3.05) is 13.1 Å². The number of nitrogens with zero attached hydrogens (tertiary/aromatic N) is 1. The first-order chi connectivity index (χ1) is 9.43. The van der Waals surface area contributed by atoms with E-state index in [2.05, 4.69) is 0 Å². The van der Waals surface area contributed by atoms with Crippen LogP contribution < -0.4 is 0 Å². The summed E-state index contributed by atoms with van der Waals surface area (Å²) in [7, 11) is 0. The Hall–Kier alpha value is -1.20. The molecule has 0 aromatic heterocycles. The zero-order chi connectivity index (χ0) is 15.1. The van der Waals surface area contributed by atoms with Crippen molar-refractivity contribution >= 4 is 35.2 Å². The van der Waals surface area contributed by atoms with Gasteiger partial charge in [0.15, 0.2) is 0 Å². The molecule has 0 aliphatic rings. The zero-order valence-electron chi connectivity index (χ0n) is 11.5. The molecule has 1 atom stereocenters. The minimum Gasteiger partial charge on any atom is -0.481 e. The Labute approximate surface area is 128 Å². The molecule has 1 aromatic carbocycles. The Balaban J connectivity index is 2.59. The molecular weight excluding hydrogens is 298 g/mol. The summed E-state index contributed by atoms with van der Waals surface area (Å²) in [5, 5.41) is 9.08. The van der Waals surface area contributed by atoms with Gasteiger partial charge in [-0.3, -0.25) is 9.59 Å². The monoisotopic (exact) mass is 315 g/mol. The number of hydrogen-bond donors (Lipinski definition) is 1. The number of aliphatic carboxylic acids is 1. The third-order valence-corrected chi connectivity index (χ3v) is 4.11. The Bertz CT molecular complexity index is 464. The highest BCUT2D eigenvalue weighted by Gasteiger charge is 2.20. The van der Waals surface area contributed by atoms with Crippen LogP contribution in [-0.2, 0) is 9.59 Å². The maximum Gasteiger partial charge on any atom is 0.305 e. The smallest absolute Gasteiger partial charge is 0.305 e. The van der Waals surface area contributed by atoms with Gasteiger partial charge in [0.05, 0.1) is 11.7 Å². The maximum atomic E-state index is 12.2. The van der Waals surface area contributed by atoms with E-state index in [1.807, 2.05) is 26.0 Å². The quantitative estimate of drug-likeness (QED) is 0.785. The Kier molecular flexibility index (Phi) is 6.88. The second-order valence-corrected chi connectivity index (χ2v) is 6.13. The second kappa shape index (κ2) is 8.17. The second-order valence-electron chi connectivity index (χ2n) is 4.28. The lowest BCUT2D eigenvalue weighted by Gasteiger charge is -2.23. The minimum atomic E-state index is -0.894. The van der Waals surface area contributed by atoms with Crippen LogP contribution in [0.5, 0.6) is 0 Å². The highest BCUT2D eigenvalue weighted by Crippen LogP contribution is 2.25. The molecule has 110 valence electrons. The highest BCUT2D eigenvalue weighted by molar-refractivity contribution is 8.00. The lowest BCUT2D eigenvalue weighted by molar-refractivity contribution is -0.138. The average molecular weight is 316 g/mol. The van der Waals surface area contributed by atoms with Crippen molar-refractivity contribution in [3.8, 4) is 0 Å². The molecule has 0 aliphatic heterocycles. The van der Waals surface area contributed by atoms with E-state index in [0.29, 0.717) is 11.6 Å². The van der Waals surface area contributed by atoms with Gasteiger partial charge in [0.25, 0.3) is 0 Å². The fourth-order valence-electron chi connectivity index (χ4n) is 1.68. The first kappa shape index (κ1) is 16.9. The van der Waals surface area contributed by atoms with Crippen molar-refractivity contribution < 1.29 is 14.7 Å². The summed E-state index contributed by atoms with van der Waals surface area (Å²) in [5.74, 6) is -0.942. The van der Waals surface area contributed by atoms with Crippen molar-refractivity contribution in [3.63, 3.8) is 0 Å². The van der Waals surface area contributed by atoms with E-state index in [1.165, 1.54) is 11.8 Å². The van der Waals surface area contributed by atoms with Crippen LogP contribution in [0.2, 0.25) is 5.02 Å². The predicted octanol–water partition coefficient (Wildman–Crippen LogP) is 3.14. The highest BCUT2D eigenvalue weighted by atomic mass is 35.5. The van der Waals surface area contributed by atoms with Crippen molar-refractivity contribution in [1.82, 2.24) is 4.90 Å². The Morgan fingerprint density at radius 1 is 1.35 bits per heavy atom. The van der Waals surface area contributed by atoms with Crippen LogP contribution in [-0.4, -0.2) is 40.2 Å². The largest absolute Gasteiger partial charge is 0.481 e. The first-order valence-corrected chi connectivity index (χ1v) is 7.62. The minimum absolute atomic E-state index is 0.0298. The summed E-state index contributed by atoms with van der Waals surface area (Å²) in [6.07, 6.45) is -0.0298. The number of rotatable bonds is 7. The summed E-state index contributed by atoms with van der Waals surface area (Å²) in [4.78, 5) is 25.4. The number of carbonyl (C=O) groups is 2. The molecule has 0 heterocycles. The number of carboxylic acids is 1. The Morgan fingerprint density at radius 2 is 1.95 bits per heavy atom. The Morgan fingerprint density at radius 3 is 2.45 bits per heavy atom. The number of carbonyl (C=O) groups excluding carboxylic acids is 1. The summed E-state index contributed by atoms with van der Waals surface area (Å²) >= 11 is 7.26. The third kappa shape index (κ3) is 5.43. The van der Waals surface area contributed by atoms with Gasteiger partial charge in [-0.25, -0.2) is 0 Å². The molecule has 0 radical (unpaired) electrons. The van der Waals surface area contributed by atoms with Crippen LogP contribution in [0.15, 0.2) is 29.2 Å². The van der Waals surface area contributed by atoms with E-state index in [0.717, 1.165) is 4.90 Å². The molecule has 6 heteroatoms. The van der Waals surface area contributed by atoms with Crippen LogP contribution in [0.4, 0.5) is 0 Å². The molecule has 0 aliphatic carbocycles. The molecule has 20 heavy (non-hydrogen) atoms. The number of benzene rings is 1. The SMILES string of the molecule is CCN(CCC(=O)O)C(=O)C(C)Sc1ccc(Cl)cc1. The molecule has 0 fully saturated rings. The molecule has 1 amide bonds. The maximum absolute atomic E-state index is 12.2. The molecule has 0 bridgehead atoms. The van der Waals surface area contributed by atoms with Crippen LogP contribution >= 0.6 is 23.4 Å². The lowest BCUT2D eigenvalue weighted by Crippen LogP contribution is -2.37. The van der Waals surface area contributed by atoms with Crippen LogP contribution in [0.25, 0.3) is 0 Å². The third-order valence-electron chi connectivity index (χ3n) is 2.76. The van der Waals surface area contributed by atoms with Gasteiger partial charge in [0.2, 0.25) is 5.91 Å². The van der Waals surface area contributed by atoms with E-state index < -0.39 is 5.97 Å². The predicted molar refractivity (Wildman–Crippen MR) is 81.3 cm³/mol. The number of halogens is 1. The molecule has 0 saturated heterocycles. The summed E-state index contributed by atoms with van der Waals surface area (Å²) in [6, 6.07) is 7.29. The molecule has 0 spiro atoms. The number of carboxylic acid groups (broad SMARTS) is 1. The van der Waals surface area contributed by atoms with Crippen LogP contribution in [0.1, 0.15) is 20.3 Å². The molecular formula is C14H18ClNO3S. The molecule has 1 rings (SSSR count). The van der Waals surface area contributed by atoms with Crippen LogP contribution in [0.3, 0.4) is 0 Å². The topological polar surface area (TPSA) is 57.6 Å². The standard InChI is InChI=1S/C14H18ClNO3S/c1-3-16(9-8-13(17)18)14(19)10(2)20-12-6-4-11(15)5-7-12/h4-7,10H,3,8-9H2,1-2H3,(H,17,18). The van der Waals surface area contributed by atoms with E-state index in [4.69, 9.17) is 16.7 Å². The van der Waals surface area contributed by atoms with Gasteiger partial charge in [-0.1, -0.05) is 11.6 Å². The van der Waals surface area contributed by atoms with Gasteiger partial charge in [0.1, 0.15) is 0 Å². The van der Waals surface area contributed by atoms with E-state index >= 15 is 0 Å². The molecule has 0 saturated carbocycles. The summed E-state index contributed by atoms with van der Waals surface area (Å²) in [5.41, 5.74) is 0. The van der Waals surface area contributed by atoms with Crippen molar-refractivity contribution in [2.24, 2.45) is 0 Å². The summed E-state index contributed by atoms with van der Waals surface area (Å²) in [6.45, 7) is 4.43. The van der Waals surface area contributed by atoms with Gasteiger partial charge < -0.3 is 10.0 Å². The van der Waals surface area contributed by atoms with E-state index in [1.54, 1.807) is 17.0 Å². The normalized spacial score (nSPS) is 11.9. The van der Waals surface area contributed by atoms with Crippen molar-refractivity contribution in [3.05, 3.63) is 29.3 Å². The van der Waals surface area contributed by atoms with Gasteiger partial charge in [-0.05, 0) is 38.1 Å². The fourth-order valence-corrected chi connectivity index (χ4v) is 2.76. The zero-order valence-corrected chi connectivity index (χ0v) is 13.1. The first-order valence-electron chi connectivity index (χ1n) is 6.36. The molecule has 1 aromatic rings.